The molecule has 37 heavy (non-hydrogen) atoms. The zero-order valence-electron chi connectivity index (χ0n) is 21.6. The van der Waals surface area contributed by atoms with Gasteiger partial charge in [0.15, 0.2) is 0 Å². The Kier molecular flexibility index (Phi) is 4.90. The van der Waals surface area contributed by atoms with Crippen LogP contribution in [0.1, 0.15) is 63.3 Å². The highest BCUT2D eigenvalue weighted by atomic mass is 16.5. The van der Waals surface area contributed by atoms with Crippen molar-refractivity contribution in [2.75, 3.05) is 0 Å². The van der Waals surface area contributed by atoms with E-state index in [1.807, 2.05) is 0 Å². The summed E-state index contributed by atoms with van der Waals surface area (Å²) in [6, 6.07) is 21.8. The van der Waals surface area contributed by atoms with Gasteiger partial charge in [0.2, 0.25) is 0 Å². The molecule has 1 aliphatic rings. The first-order chi connectivity index (χ1) is 18.0. The molecular formula is C32H30N4O. The molecule has 1 atom stereocenters. The van der Waals surface area contributed by atoms with E-state index in [0.717, 1.165) is 57.4 Å². The molecule has 0 fully saturated rings. The highest BCUT2D eigenvalue weighted by molar-refractivity contribution is 6.23. The average molecular weight is 487 g/mol. The van der Waals surface area contributed by atoms with Crippen molar-refractivity contribution < 1.29 is 4.74 Å². The second-order valence-corrected chi connectivity index (χ2v) is 10.6. The minimum Gasteiger partial charge on any atom is -0.487 e. The molecule has 0 amide bonds. The van der Waals surface area contributed by atoms with Crippen molar-refractivity contribution in [3.05, 3.63) is 78.0 Å². The first-order valence-electron chi connectivity index (χ1n) is 13.2. The van der Waals surface area contributed by atoms with Crippen LogP contribution in [-0.2, 0) is 6.61 Å². The first-order valence-corrected chi connectivity index (χ1v) is 13.2. The number of nitrogens with one attached hydrogen (secondary N) is 2. The Bertz CT molecular complexity index is 1820. The summed E-state index contributed by atoms with van der Waals surface area (Å²) < 4.78 is 6.17. The van der Waals surface area contributed by atoms with Gasteiger partial charge >= 0.3 is 0 Å². The van der Waals surface area contributed by atoms with E-state index < -0.39 is 0 Å². The third-order valence-corrected chi connectivity index (χ3v) is 7.85. The van der Waals surface area contributed by atoms with E-state index in [1.165, 1.54) is 27.1 Å². The van der Waals surface area contributed by atoms with Crippen LogP contribution in [0.2, 0.25) is 0 Å². The van der Waals surface area contributed by atoms with Crippen LogP contribution in [0.4, 0.5) is 0 Å². The Morgan fingerprint density at radius 1 is 0.811 bits per heavy atom. The van der Waals surface area contributed by atoms with Crippen LogP contribution in [0, 0.1) is 0 Å². The summed E-state index contributed by atoms with van der Waals surface area (Å²) in [5.74, 6) is 3.70. The molecule has 3 heterocycles. The number of imidazole rings is 2. The molecule has 5 nitrogen and oxygen atoms in total. The molecule has 2 N–H and O–H groups in total. The molecule has 0 saturated heterocycles. The molecule has 6 aromatic rings. The number of fused-ring (bicyclic) bond motifs is 9. The second kappa shape index (κ2) is 8.20. The summed E-state index contributed by atoms with van der Waals surface area (Å²) in [5.41, 5.74) is 7.61. The summed E-state index contributed by atoms with van der Waals surface area (Å²) in [7, 11) is 0. The lowest BCUT2D eigenvalue weighted by molar-refractivity contribution is 0.298. The van der Waals surface area contributed by atoms with Crippen LogP contribution >= 0.6 is 0 Å². The van der Waals surface area contributed by atoms with Crippen LogP contribution in [0.15, 0.2) is 60.7 Å². The lowest BCUT2D eigenvalue weighted by atomic mass is 9.94. The van der Waals surface area contributed by atoms with Gasteiger partial charge in [-0.05, 0) is 46.5 Å². The molecule has 1 aliphatic heterocycles. The maximum Gasteiger partial charge on any atom is 0.130 e. The molecule has 5 heteroatoms. The Morgan fingerprint density at radius 3 is 2.41 bits per heavy atom. The third kappa shape index (κ3) is 3.37. The zero-order chi connectivity index (χ0) is 25.3. The van der Waals surface area contributed by atoms with Gasteiger partial charge in [-0.1, -0.05) is 70.2 Å². The molecular weight excluding hydrogens is 456 g/mol. The van der Waals surface area contributed by atoms with Crippen molar-refractivity contribution in [3.8, 4) is 28.1 Å². The molecule has 0 bridgehead atoms. The quantitative estimate of drug-likeness (QED) is 0.246. The Balaban J connectivity index is 1.39. The maximum atomic E-state index is 6.17. The van der Waals surface area contributed by atoms with Crippen LogP contribution in [0.25, 0.3) is 55.0 Å². The minimum atomic E-state index is 0.350. The first kappa shape index (κ1) is 22.1. The smallest absolute Gasteiger partial charge is 0.130 e. The van der Waals surface area contributed by atoms with E-state index in [0.29, 0.717) is 18.4 Å². The van der Waals surface area contributed by atoms with Crippen molar-refractivity contribution >= 4 is 32.6 Å². The number of aromatic amines is 2. The molecule has 4 aromatic carbocycles. The number of hydrogen-bond donors (Lipinski definition) is 2. The second-order valence-electron chi connectivity index (χ2n) is 10.6. The van der Waals surface area contributed by atoms with Crippen molar-refractivity contribution in [3.63, 3.8) is 0 Å². The number of rotatable bonds is 4. The van der Waals surface area contributed by atoms with Gasteiger partial charge in [0, 0.05) is 28.2 Å². The number of hydrogen-bond acceptors (Lipinski definition) is 3. The number of nitrogens with zero attached hydrogens (tertiary/aromatic N) is 2. The Morgan fingerprint density at radius 2 is 1.59 bits per heavy atom. The van der Waals surface area contributed by atoms with Gasteiger partial charge in [-0.15, -0.1) is 0 Å². The van der Waals surface area contributed by atoms with Crippen molar-refractivity contribution in [1.82, 2.24) is 19.9 Å². The van der Waals surface area contributed by atoms with Crippen LogP contribution < -0.4 is 4.74 Å². The molecule has 7 rings (SSSR count). The van der Waals surface area contributed by atoms with Crippen LogP contribution in [-0.4, -0.2) is 19.9 Å². The number of benzene rings is 4. The fraction of sp³-hybridized carbons (Fsp3) is 0.250. The fourth-order valence-corrected chi connectivity index (χ4v) is 5.49. The van der Waals surface area contributed by atoms with Crippen LogP contribution in [0.3, 0.4) is 0 Å². The fourth-order valence-electron chi connectivity index (χ4n) is 5.49. The SMILES string of the molecule is CCC(C)c1nc2c3ccccc3c3cc(-c4ccc5c(c4)OCc4[nH]c(C(C)C)nc4-5)ccc3c2[nH]1. The van der Waals surface area contributed by atoms with E-state index in [1.54, 1.807) is 0 Å². The maximum absolute atomic E-state index is 6.17. The Labute approximate surface area is 215 Å². The van der Waals surface area contributed by atoms with E-state index in [9.17, 15) is 0 Å². The van der Waals surface area contributed by atoms with Gasteiger partial charge < -0.3 is 14.7 Å². The Hall–Kier alpha value is -4.12. The lowest BCUT2D eigenvalue weighted by Gasteiger charge is -2.18. The summed E-state index contributed by atoms with van der Waals surface area (Å²) in [6.45, 7) is 9.26. The summed E-state index contributed by atoms with van der Waals surface area (Å²) in [5, 5.41) is 4.85. The minimum absolute atomic E-state index is 0.350. The summed E-state index contributed by atoms with van der Waals surface area (Å²) in [4.78, 5) is 17.0. The van der Waals surface area contributed by atoms with Gasteiger partial charge in [0.1, 0.15) is 24.0 Å². The zero-order valence-corrected chi connectivity index (χ0v) is 21.6. The molecule has 2 aromatic heterocycles. The third-order valence-electron chi connectivity index (χ3n) is 7.85. The molecule has 0 radical (unpaired) electrons. The standard InChI is InChI=1S/C32H30N4O/c1-5-18(4)32-35-29-22-9-7-6-8-21(22)25-14-19(10-12-23(25)30(29)36-32)20-11-13-24-27(15-20)37-16-26-28(24)34-31(33-26)17(2)3/h6-15,17-18H,5,16H2,1-4H3,(H,33,34)(H,35,36). The highest BCUT2D eigenvalue weighted by Gasteiger charge is 2.23. The van der Waals surface area contributed by atoms with Crippen molar-refractivity contribution in [2.45, 2.75) is 52.6 Å². The topological polar surface area (TPSA) is 66.6 Å². The van der Waals surface area contributed by atoms with Gasteiger partial charge in [0.25, 0.3) is 0 Å². The highest BCUT2D eigenvalue weighted by Crippen LogP contribution is 2.41. The molecule has 184 valence electrons. The predicted octanol–water partition coefficient (Wildman–Crippen LogP) is 8.46. The van der Waals surface area contributed by atoms with Gasteiger partial charge in [0.05, 0.1) is 22.4 Å². The number of ether oxygens (including phenoxy) is 1. The van der Waals surface area contributed by atoms with E-state index in [-0.39, 0.29) is 0 Å². The van der Waals surface area contributed by atoms with Crippen LogP contribution in [0.5, 0.6) is 5.75 Å². The number of H-pyrrole nitrogens is 2. The van der Waals surface area contributed by atoms with Gasteiger partial charge in [-0.2, -0.15) is 0 Å². The van der Waals surface area contributed by atoms with E-state index in [4.69, 9.17) is 14.7 Å². The predicted molar refractivity (Wildman–Crippen MR) is 151 cm³/mol. The van der Waals surface area contributed by atoms with E-state index in [2.05, 4.69) is 98.3 Å². The lowest BCUT2D eigenvalue weighted by Crippen LogP contribution is -2.05. The van der Waals surface area contributed by atoms with Crippen molar-refractivity contribution in [2.24, 2.45) is 0 Å². The average Bonchev–Trinajstić information content (AvgIpc) is 3.58. The molecule has 0 aliphatic carbocycles. The molecule has 1 unspecified atom stereocenters. The van der Waals surface area contributed by atoms with Gasteiger partial charge in [-0.3, -0.25) is 0 Å². The largest absolute Gasteiger partial charge is 0.487 e. The monoisotopic (exact) mass is 486 g/mol. The van der Waals surface area contributed by atoms with Gasteiger partial charge in [-0.25, -0.2) is 9.97 Å². The van der Waals surface area contributed by atoms with Crippen molar-refractivity contribution in [1.29, 1.82) is 0 Å². The normalized spacial score (nSPS) is 13.8. The number of aromatic nitrogens is 4. The molecule has 0 saturated carbocycles. The molecule has 0 spiro atoms. The van der Waals surface area contributed by atoms with E-state index >= 15 is 0 Å². The summed E-state index contributed by atoms with van der Waals surface area (Å²) in [6.07, 6.45) is 1.05. The summed E-state index contributed by atoms with van der Waals surface area (Å²) >= 11 is 0.